The molecule has 2 unspecified atom stereocenters. The molecule has 0 saturated carbocycles. The van der Waals surface area contributed by atoms with E-state index < -0.39 is 6.04 Å². The van der Waals surface area contributed by atoms with E-state index in [1.807, 2.05) is 20.8 Å². The number of carbonyl (C=O) groups excluding carboxylic acids is 2. The Hall–Kier alpha value is -1.83. The van der Waals surface area contributed by atoms with Crippen molar-refractivity contribution in [2.75, 3.05) is 0 Å². The number of nitrogens with zero attached hydrogens (tertiary/aromatic N) is 4. The number of nitrogens with one attached hydrogen (secondary N) is 2. The van der Waals surface area contributed by atoms with Crippen molar-refractivity contribution >= 4 is 11.8 Å². The highest BCUT2D eigenvalue weighted by Gasteiger charge is 2.41. The van der Waals surface area contributed by atoms with Crippen LogP contribution in [0.4, 0.5) is 0 Å². The molecule has 1 aromatic heterocycles. The first-order valence-corrected chi connectivity index (χ1v) is 6.93. The van der Waals surface area contributed by atoms with Crippen LogP contribution in [0, 0.1) is 0 Å². The highest BCUT2D eigenvalue weighted by molar-refractivity contribution is 6.05. The number of aromatic amines is 1. The molecule has 1 saturated heterocycles. The van der Waals surface area contributed by atoms with E-state index in [1.165, 1.54) is 4.90 Å². The molecular formula is C12H20N6O2. The summed E-state index contributed by atoms with van der Waals surface area (Å²) in [6, 6.07) is -0.754. The summed E-state index contributed by atoms with van der Waals surface area (Å²) in [6.45, 7) is 5.80. The second kappa shape index (κ2) is 6.08. The molecule has 2 rings (SSSR count). The standard InChI is InChI=1S/C12H20N6O2/c1-4-8(5-2)18-10(19)6-9(12(18)20)13-7(3)11-14-16-17-15-11/h7-9,13H,4-6H2,1-3H3,(H,14,15,16,17). The SMILES string of the molecule is CCC(CC)N1C(=O)CC(NC(C)c2nn[nH]n2)C1=O. The Balaban J connectivity index is 2.04. The Labute approximate surface area is 117 Å². The van der Waals surface area contributed by atoms with Gasteiger partial charge in [-0.25, -0.2) is 0 Å². The zero-order valence-corrected chi connectivity index (χ0v) is 12.0. The highest BCUT2D eigenvalue weighted by Crippen LogP contribution is 2.21. The Morgan fingerprint density at radius 1 is 1.40 bits per heavy atom. The molecular weight excluding hydrogens is 260 g/mol. The Kier molecular flexibility index (Phi) is 4.43. The quantitative estimate of drug-likeness (QED) is 0.720. The lowest BCUT2D eigenvalue weighted by Crippen LogP contribution is -2.44. The summed E-state index contributed by atoms with van der Waals surface area (Å²) < 4.78 is 0. The van der Waals surface area contributed by atoms with E-state index in [1.54, 1.807) is 0 Å². The van der Waals surface area contributed by atoms with Crippen LogP contribution in [0.2, 0.25) is 0 Å². The fourth-order valence-electron chi connectivity index (χ4n) is 2.55. The van der Waals surface area contributed by atoms with Crippen molar-refractivity contribution in [2.45, 2.75) is 58.2 Å². The van der Waals surface area contributed by atoms with E-state index >= 15 is 0 Å². The zero-order valence-electron chi connectivity index (χ0n) is 12.0. The average molecular weight is 280 g/mol. The van der Waals surface area contributed by atoms with Crippen LogP contribution in [0.25, 0.3) is 0 Å². The smallest absolute Gasteiger partial charge is 0.247 e. The predicted octanol–water partition coefficient (Wildman–Crippen LogP) is 0.166. The molecule has 1 aliphatic heterocycles. The second-order valence-corrected chi connectivity index (χ2v) is 4.99. The Morgan fingerprint density at radius 3 is 2.65 bits per heavy atom. The van der Waals surface area contributed by atoms with Crippen molar-refractivity contribution in [3.8, 4) is 0 Å². The number of H-pyrrole nitrogens is 1. The lowest BCUT2D eigenvalue weighted by atomic mass is 10.1. The maximum absolute atomic E-state index is 12.4. The molecule has 8 heteroatoms. The van der Waals surface area contributed by atoms with E-state index in [9.17, 15) is 9.59 Å². The number of aromatic nitrogens is 4. The molecule has 0 spiro atoms. The summed E-state index contributed by atoms with van der Waals surface area (Å²) in [4.78, 5) is 25.8. The lowest BCUT2D eigenvalue weighted by Gasteiger charge is -2.24. The van der Waals surface area contributed by atoms with E-state index in [4.69, 9.17) is 0 Å². The Morgan fingerprint density at radius 2 is 2.10 bits per heavy atom. The van der Waals surface area contributed by atoms with Gasteiger partial charge in [0.25, 0.3) is 0 Å². The number of hydrogen-bond donors (Lipinski definition) is 2. The van der Waals surface area contributed by atoms with Gasteiger partial charge in [0.1, 0.15) is 0 Å². The van der Waals surface area contributed by atoms with E-state index in [-0.39, 0.29) is 30.3 Å². The predicted molar refractivity (Wildman–Crippen MR) is 70.4 cm³/mol. The molecule has 2 heterocycles. The third-order valence-electron chi connectivity index (χ3n) is 3.69. The highest BCUT2D eigenvalue weighted by atomic mass is 16.2. The van der Waals surface area contributed by atoms with E-state index in [2.05, 4.69) is 25.9 Å². The van der Waals surface area contributed by atoms with Gasteiger partial charge in [-0.05, 0) is 19.8 Å². The lowest BCUT2D eigenvalue weighted by molar-refractivity contribution is -0.141. The number of rotatable bonds is 6. The monoisotopic (exact) mass is 280 g/mol. The van der Waals surface area contributed by atoms with Gasteiger partial charge in [0, 0.05) is 6.04 Å². The first-order valence-electron chi connectivity index (χ1n) is 6.93. The topological polar surface area (TPSA) is 104 Å². The maximum Gasteiger partial charge on any atom is 0.247 e. The molecule has 2 amide bonds. The minimum absolute atomic E-state index is 0.0118. The van der Waals surface area contributed by atoms with Crippen LogP contribution in [0.3, 0.4) is 0 Å². The first kappa shape index (κ1) is 14.6. The number of hydrogen-bond acceptors (Lipinski definition) is 6. The molecule has 8 nitrogen and oxygen atoms in total. The molecule has 0 bridgehead atoms. The summed E-state index contributed by atoms with van der Waals surface area (Å²) in [7, 11) is 0. The van der Waals surface area contributed by atoms with Gasteiger partial charge in [0.2, 0.25) is 11.8 Å². The zero-order chi connectivity index (χ0) is 14.7. The van der Waals surface area contributed by atoms with Crippen molar-refractivity contribution in [1.82, 2.24) is 30.8 Å². The molecule has 0 aliphatic carbocycles. The Bertz CT molecular complexity index is 470. The van der Waals surface area contributed by atoms with Gasteiger partial charge in [0.05, 0.1) is 18.5 Å². The van der Waals surface area contributed by atoms with E-state index in [0.717, 1.165) is 12.8 Å². The summed E-state index contributed by atoms with van der Waals surface area (Å²) in [5.74, 6) is 0.215. The third-order valence-corrected chi connectivity index (χ3v) is 3.69. The van der Waals surface area contributed by atoms with Crippen molar-refractivity contribution in [1.29, 1.82) is 0 Å². The number of amides is 2. The summed E-state index contributed by atoms with van der Waals surface area (Å²) >= 11 is 0. The van der Waals surface area contributed by atoms with Crippen molar-refractivity contribution < 1.29 is 9.59 Å². The van der Waals surface area contributed by atoms with Crippen molar-refractivity contribution in [3.63, 3.8) is 0 Å². The molecule has 0 radical (unpaired) electrons. The molecule has 1 aliphatic rings. The largest absolute Gasteiger partial charge is 0.296 e. The third kappa shape index (κ3) is 2.69. The van der Waals surface area contributed by atoms with Crippen molar-refractivity contribution in [3.05, 3.63) is 5.82 Å². The number of tetrazole rings is 1. The van der Waals surface area contributed by atoms with Gasteiger partial charge >= 0.3 is 0 Å². The number of imide groups is 1. The minimum atomic E-state index is -0.503. The fourth-order valence-corrected chi connectivity index (χ4v) is 2.55. The van der Waals surface area contributed by atoms with Crippen LogP contribution in [0.5, 0.6) is 0 Å². The fraction of sp³-hybridized carbons (Fsp3) is 0.750. The normalized spacial score (nSPS) is 21.0. The number of likely N-dealkylation sites (tertiary alicyclic amines) is 1. The second-order valence-electron chi connectivity index (χ2n) is 4.99. The summed E-state index contributed by atoms with van der Waals surface area (Å²) in [5.41, 5.74) is 0. The minimum Gasteiger partial charge on any atom is -0.296 e. The molecule has 110 valence electrons. The van der Waals surface area contributed by atoms with Crippen LogP contribution < -0.4 is 5.32 Å². The first-order chi connectivity index (χ1) is 9.58. The van der Waals surface area contributed by atoms with Gasteiger partial charge in [-0.15, -0.1) is 10.2 Å². The van der Waals surface area contributed by atoms with E-state index in [0.29, 0.717) is 5.82 Å². The van der Waals surface area contributed by atoms with Crippen LogP contribution in [-0.2, 0) is 9.59 Å². The van der Waals surface area contributed by atoms with Gasteiger partial charge in [-0.2, -0.15) is 5.21 Å². The van der Waals surface area contributed by atoms with Crippen LogP contribution in [0.1, 0.15) is 51.9 Å². The summed E-state index contributed by atoms with van der Waals surface area (Å²) in [5, 5.41) is 16.7. The molecule has 20 heavy (non-hydrogen) atoms. The van der Waals surface area contributed by atoms with Crippen LogP contribution >= 0.6 is 0 Å². The average Bonchev–Trinajstić information content (AvgIpc) is 3.04. The number of carbonyl (C=O) groups is 2. The molecule has 2 N–H and O–H groups in total. The molecule has 1 fully saturated rings. The van der Waals surface area contributed by atoms with Gasteiger partial charge < -0.3 is 0 Å². The van der Waals surface area contributed by atoms with Crippen molar-refractivity contribution in [2.24, 2.45) is 0 Å². The summed E-state index contributed by atoms with van der Waals surface area (Å²) in [6.07, 6.45) is 1.75. The van der Waals surface area contributed by atoms with Gasteiger partial charge in [-0.3, -0.25) is 19.8 Å². The molecule has 0 aromatic carbocycles. The van der Waals surface area contributed by atoms with Crippen LogP contribution in [-0.4, -0.2) is 49.4 Å². The van der Waals surface area contributed by atoms with Gasteiger partial charge in [0.15, 0.2) is 5.82 Å². The van der Waals surface area contributed by atoms with Crippen LogP contribution in [0.15, 0.2) is 0 Å². The molecule has 1 aromatic rings. The van der Waals surface area contributed by atoms with Gasteiger partial charge in [-0.1, -0.05) is 19.1 Å². The molecule has 2 atom stereocenters. The maximum atomic E-state index is 12.4.